The highest BCUT2D eigenvalue weighted by atomic mass is 35.5. The molecule has 0 saturated heterocycles. The van der Waals surface area contributed by atoms with Crippen molar-refractivity contribution >= 4 is 11.0 Å². The van der Waals surface area contributed by atoms with E-state index in [9.17, 15) is 0 Å². The summed E-state index contributed by atoms with van der Waals surface area (Å²) in [5, 5.41) is 1.04. The fourth-order valence-electron chi connectivity index (χ4n) is 2.95. The Kier molecular flexibility index (Phi) is 5.37. The Bertz CT molecular complexity index is 1090. The minimum Gasteiger partial charge on any atom is -1.00 e. The maximum absolute atomic E-state index is 6.20. The molecule has 126 valence electrons. The molecule has 0 atom stereocenters. The van der Waals surface area contributed by atoms with Gasteiger partial charge >= 0.3 is 11.3 Å². The summed E-state index contributed by atoms with van der Waals surface area (Å²) in [6.45, 7) is 2.08. The minimum absolute atomic E-state index is 0. The zero-order valence-corrected chi connectivity index (χ0v) is 15.1. The molecule has 0 spiro atoms. The monoisotopic (exact) mass is 356 g/mol. The van der Waals surface area contributed by atoms with Gasteiger partial charge in [-0.3, -0.25) is 0 Å². The van der Waals surface area contributed by atoms with Crippen LogP contribution in [-0.2, 0) is 0 Å². The van der Waals surface area contributed by atoms with Gasteiger partial charge in [-0.2, -0.15) is 0 Å². The van der Waals surface area contributed by atoms with Crippen LogP contribution in [0.4, 0.5) is 0 Å². The second-order valence-electron chi connectivity index (χ2n) is 5.91. The maximum atomic E-state index is 6.20. The number of hydrogen-bond acceptors (Lipinski definition) is 0. The molecule has 0 amide bonds. The average Bonchev–Trinajstić information content (AvgIpc) is 2.68. The molecule has 0 bridgehead atoms. The lowest BCUT2D eigenvalue weighted by Gasteiger charge is -2.01. The third kappa shape index (κ3) is 3.47. The molecule has 0 aliphatic carbocycles. The van der Waals surface area contributed by atoms with Crippen LogP contribution in [-0.4, -0.2) is 0 Å². The Morgan fingerprint density at radius 3 is 2.04 bits per heavy atom. The quantitative estimate of drug-likeness (QED) is 0.377. The van der Waals surface area contributed by atoms with Crippen molar-refractivity contribution in [1.29, 1.82) is 0 Å². The van der Waals surface area contributed by atoms with Gasteiger partial charge < -0.3 is 12.4 Å². The number of fused-ring (bicyclic) bond motifs is 1. The second-order valence-corrected chi connectivity index (χ2v) is 5.91. The lowest BCUT2D eigenvalue weighted by Crippen LogP contribution is -3.00. The minimum atomic E-state index is 0. The number of benzene rings is 3. The van der Waals surface area contributed by atoms with Crippen molar-refractivity contribution < 1.29 is 16.8 Å². The summed E-state index contributed by atoms with van der Waals surface area (Å²) in [5.74, 6) is 7.53. The summed E-state index contributed by atoms with van der Waals surface area (Å²) in [4.78, 5) is 0. The molecular weight excluding hydrogens is 340 g/mol. The first-order valence-electron chi connectivity index (χ1n) is 8.31. The summed E-state index contributed by atoms with van der Waals surface area (Å²) < 4.78 is 6.20. The van der Waals surface area contributed by atoms with E-state index < -0.39 is 0 Å². The van der Waals surface area contributed by atoms with Crippen LogP contribution in [0, 0.1) is 18.8 Å². The van der Waals surface area contributed by atoms with E-state index in [2.05, 4.69) is 37.0 Å². The van der Waals surface area contributed by atoms with Gasteiger partial charge in [0, 0.05) is 11.6 Å². The molecule has 3 aromatic carbocycles. The van der Waals surface area contributed by atoms with Gasteiger partial charge in [0.25, 0.3) is 0 Å². The lowest BCUT2D eigenvalue weighted by atomic mass is 9.99. The topological polar surface area (TPSA) is 11.3 Å². The fraction of sp³-hybridized carbons (Fsp3) is 0.0417. The third-order valence-corrected chi connectivity index (χ3v) is 4.23. The number of rotatable bonds is 1. The first-order valence-corrected chi connectivity index (χ1v) is 8.31. The van der Waals surface area contributed by atoms with E-state index in [0.717, 1.165) is 39.0 Å². The third-order valence-electron chi connectivity index (χ3n) is 4.23. The highest BCUT2D eigenvalue weighted by Gasteiger charge is 2.22. The fourth-order valence-corrected chi connectivity index (χ4v) is 2.95. The van der Waals surface area contributed by atoms with Crippen LogP contribution in [0.25, 0.3) is 22.3 Å². The highest BCUT2D eigenvalue weighted by Crippen LogP contribution is 2.31. The number of halogens is 1. The van der Waals surface area contributed by atoms with Crippen LogP contribution < -0.4 is 12.4 Å². The predicted molar refractivity (Wildman–Crippen MR) is 103 cm³/mol. The normalized spacial score (nSPS) is 9.88. The molecule has 4 aromatic rings. The Hall–Kier alpha value is -3.08. The van der Waals surface area contributed by atoms with Crippen molar-refractivity contribution in [2.75, 3.05) is 0 Å². The molecule has 2 heteroatoms. The molecule has 0 saturated carbocycles. The van der Waals surface area contributed by atoms with E-state index in [4.69, 9.17) is 4.42 Å². The zero-order valence-electron chi connectivity index (χ0n) is 14.4. The van der Waals surface area contributed by atoms with Gasteiger partial charge in [0.15, 0.2) is 0 Å². The van der Waals surface area contributed by atoms with Crippen molar-refractivity contribution in [2.45, 2.75) is 6.92 Å². The highest BCUT2D eigenvalue weighted by molar-refractivity contribution is 5.87. The molecule has 0 aliphatic heterocycles. The molecule has 1 aromatic heterocycles. The molecule has 0 unspecified atom stereocenters. The molecule has 26 heavy (non-hydrogen) atoms. The number of para-hydroxylation sites is 1. The molecule has 4 rings (SSSR count). The van der Waals surface area contributed by atoms with E-state index in [0.29, 0.717) is 0 Å². The summed E-state index contributed by atoms with van der Waals surface area (Å²) in [6.07, 6.45) is 0. The molecule has 0 radical (unpaired) electrons. The summed E-state index contributed by atoms with van der Waals surface area (Å²) in [7, 11) is 0. The predicted octanol–water partition coefficient (Wildman–Crippen LogP) is 3.09. The van der Waals surface area contributed by atoms with Gasteiger partial charge in [0.05, 0.1) is 22.1 Å². The Balaban J connectivity index is 0.00000196. The van der Waals surface area contributed by atoms with Crippen LogP contribution in [0.3, 0.4) is 0 Å². The van der Waals surface area contributed by atoms with Crippen LogP contribution in [0.2, 0.25) is 0 Å². The summed E-state index contributed by atoms with van der Waals surface area (Å²) >= 11 is 0. The van der Waals surface area contributed by atoms with Gasteiger partial charge in [0.1, 0.15) is 0 Å². The van der Waals surface area contributed by atoms with E-state index in [1.165, 1.54) is 0 Å². The van der Waals surface area contributed by atoms with Crippen molar-refractivity contribution in [1.82, 2.24) is 0 Å². The molecule has 1 nitrogen and oxygen atoms in total. The number of hydrogen-bond donors (Lipinski definition) is 0. The second kappa shape index (κ2) is 7.87. The van der Waals surface area contributed by atoms with Gasteiger partial charge in [-0.15, -0.1) is 0 Å². The molecular formula is C24H17ClO. The van der Waals surface area contributed by atoms with Crippen LogP contribution in [0.15, 0.2) is 89.3 Å². The Morgan fingerprint density at radius 1 is 0.692 bits per heavy atom. The van der Waals surface area contributed by atoms with Gasteiger partial charge in [0.2, 0.25) is 0 Å². The van der Waals surface area contributed by atoms with Crippen molar-refractivity contribution in [3.05, 3.63) is 102 Å². The van der Waals surface area contributed by atoms with Crippen LogP contribution >= 0.6 is 0 Å². The van der Waals surface area contributed by atoms with E-state index in [1.54, 1.807) is 0 Å². The van der Waals surface area contributed by atoms with Crippen molar-refractivity contribution in [2.24, 2.45) is 0 Å². The first kappa shape index (κ1) is 17.7. The molecule has 1 heterocycles. The zero-order chi connectivity index (χ0) is 17.1. The standard InChI is InChI=1S/C24H17O.ClH/c1-18-21(17-16-19-10-4-2-5-11-19)22-14-8-9-15-23(22)25-24(18)20-12-6-3-7-13-20;/h2-15H,1H3;1H/q+1;/p-1. The molecule has 0 fully saturated rings. The van der Waals surface area contributed by atoms with Crippen LogP contribution in [0.5, 0.6) is 0 Å². The van der Waals surface area contributed by atoms with Gasteiger partial charge in [-0.1, -0.05) is 60.4 Å². The van der Waals surface area contributed by atoms with E-state index >= 15 is 0 Å². The SMILES string of the molecule is Cc1c(-c2ccccc2)[o+]c2ccccc2c1C#Cc1ccccc1.[Cl-]. The summed E-state index contributed by atoms with van der Waals surface area (Å²) in [6, 6.07) is 28.3. The summed E-state index contributed by atoms with van der Waals surface area (Å²) in [5.41, 5.74) is 5.00. The smallest absolute Gasteiger partial charge is 0.364 e. The van der Waals surface area contributed by atoms with Crippen molar-refractivity contribution in [3.8, 4) is 23.2 Å². The Morgan fingerprint density at radius 2 is 1.31 bits per heavy atom. The van der Waals surface area contributed by atoms with Gasteiger partial charge in [-0.25, -0.2) is 4.42 Å². The average molecular weight is 357 g/mol. The Labute approximate surface area is 159 Å². The van der Waals surface area contributed by atoms with Crippen LogP contribution in [0.1, 0.15) is 16.7 Å². The molecule has 0 N–H and O–H groups in total. The first-order chi connectivity index (χ1) is 12.3. The van der Waals surface area contributed by atoms with E-state index in [-0.39, 0.29) is 12.4 Å². The van der Waals surface area contributed by atoms with E-state index in [1.807, 2.05) is 66.7 Å². The molecule has 0 aliphatic rings. The largest absolute Gasteiger partial charge is 1.00 e. The lowest BCUT2D eigenvalue weighted by molar-refractivity contribution is -0.00000530. The van der Waals surface area contributed by atoms with Crippen molar-refractivity contribution in [3.63, 3.8) is 0 Å². The van der Waals surface area contributed by atoms with Gasteiger partial charge in [-0.05, 0) is 37.3 Å². The maximum Gasteiger partial charge on any atom is 0.364 e.